The molecule has 0 aliphatic carbocycles. The number of methoxy groups -OCH3 is 1. The normalized spacial score (nSPS) is 11.9. The molecule has 0 fully saturated rings. The Labute approximate surface area is 144 Å². The average Bonchev–Trinajstić information content (AvgIpc) is 2.99. The van der Waals surface area contributed by atoms with Crippen LogP contribution in [-0.2, 0) is 20.7 Å². The average molecular weight is 338 g/mol. The molecular formula is C18H18N4O3. The molecule has 2 heterocycles. The molecule has 7 nitrogen and oxygen atoms in total. The van der Waals surface area contributed by atoms with Crippen molar-refractivity contribution in [2.75, 3.05) is 7.11 Å². The Balaban J connectivity index is 2.04. The molecular weight excluding hydrogens is 320 g/mol. The zero-order valence-electron chi connectivity index (χ0n) is 14.0. The number of para-hydroxylation sites is 1. The molecule has 0 unspecified atom stereocenters. The minimum absolute atomic E-state index is 0.287. The summed E-state index contributed by atoms with van der Waals surface area (Å²) in [7, 11) is 1.30. The van der Waals surface area contributed by atoms with E-state index >= 15 is 0 Å². The first kappa shape index (κ1) is 16.6. The summed E-state index contributed by atoms with van der Waals surface area (Å²) in [5, 5.41) is 3.61. The highest BCUT2D eigenvalue weighted by Crippen LogP contribution is 2.24. The highest BCUT2D eigenvalue weighted by Gasteiger charge is 2.23. The number of esters is 1. The van der Waals surface area contributed by atoms with E-state index in [2.05, 4.69) is 15.3 Å². The van der Waals surface area contributed by atoms with Gasteiger partial charge in [-0.3, -0.25) is 9.36 Å². The van der Waals surface area contributed by atoms with Crippen molar-refractivity contribution in [3.05, 3.63) is 54.5 Å². The predicted octanol–water partition coefficient (Wildman–Crippen LogP) is 1.64. The zero-order valence-corrected chi connectivity index (χ0v) is 14.0. The molecule has 3 rings (SSSR count). The van der Waals surface area contributed by atoms with Gasteiger partial charge in [0, 0.05) is 37.3 Å². The standard InChI is InChI=1S/C18H18N4O3/c1-12(23)21-15(17(24)25-2)10-13-11-22(18-19-8-5-9-20-18)16-7-4-3-6-14(13)16/h3-9,11,15H,10H2,1-2H3,(H,21,23)/t15-/m0/s1. The number of fused-ring (bicyclic) bond motifs is 1. The van der Waals surface area contributed by atoms with Gasteiger partial charge in [-0.15, -0.1) is 0 Å². The Morgan fingerprint density at radius 2 is 1.92 bits per heavy atom. The van der Waals surface area contributed by atoms with Crippen molar-refractivity contribution < 1.29 is 14.3 Å². The lowest BCUT2D eigenvalue weighted by Gasteiger charge is -2.14. The van der Waals surface area contributed by atoms with E-state index in [0.29, 0.717) is 12.4 Å². The number of carbonyl (C=O) groups is 2. The van der Waals surface area contributed by atoms with E-state index in [1.165, 1.54) is 14.0 Å². The molecule has 1 amide bonds. The monoisotopic (exact) mass is 338 g/mol. The van der Waals surface area contributed by atoms with Crippen molar-refractivity contribution >= 4 is 22.8 Å². The van der Waals surface area contributed by atoms with Crippen molar-refractivity contribution in [1.29, 1.82) is 0 Å². The number of rotatable bonds is 5. The maximum Gasteiger partial charge on any atom is 0.328 e. The lowest BCUT2D eigenvalue weighted by atomic mass is 10.1. The number of hydrogen-bond acceptors (Lipinski definition) is 5. The Kier molecular flexibility index (Phi) is 4.74. The molecule has 1 aromatic carbocycles. The lowest BCUT2D eigenvalue weighted by Crippen LogP contribution is -2.41. The number of aromatic nitrogens is 3. The van der Waals surface area contributed by atoms with Gasteiger partial charge in [0.25, 0.3) is 0 Å². The van der Waals surface area contributed by atoms with Crippen molar-refractivity contribution in [2.24, 2.45) is 0 Å². The van der Waals surface area contributed by atoms with Crippen molar-refractivity contribution in [2.45, 2.75) is 19.4 Å². The van der Waals surface area contributed by atoms with Crippen molar-refractivity contribution in [1.82, 2.24) is 19.9 Å². The molecule has 0 aliphatic rings. The first-order chi connectivity index (χ1) is 12.1. The third kappa shape index (κ3) is 3.50. The fourth-order valence-electron chi connectivity index (χ4n) is 2.79. The van der Waals surface area contributed by atoms with Crippen LogP contribution in [0.1, 0.15) is 12.5 Å². The molecule has 0 saturated heterocycles. The number of hydrogen-bond donors (Lipinski definition) is 1. The van der Waals surface area contributed by atoms with Gasteiger partial charge < -0.3 is 10.1 Å². The van der Waals surface area contributed by atoms with Gasteiger partial charge in [-0.1, -0.05) is 18.2 Å². The van der Waals surface area contributed by atoms with Crippen LogP contribution >= 0.6 is 0 Å². The van der Waals surface area contributed by atoms with Gasteiger partial charge in [-0.2, -0.15) is 0 Å². The van der Waals surface area contributed by atoms with E-state index in [0.717, 1.165) is 16.5 Å². The summed E-state index contributed by atoms with van der Waals surface area (Å²) in [6.07, 6.45) is 5.54. The molecule has 3 aromatic rings. The molecule has 0 bridgehead atoms. The van der Waals surface area contributed by atoms with E-state index in [1.807, 2.05) is 35.0 Å². The summed E-state index contributed by atoms with van der Waals surface area (Å²) in [5.74, 6) is -0.229. The van der Waals surface area contributed by atoms with Crippen LogP contribution in [0.4, 0.5) is 0 Å². The van der Waals surface area contributed by atoms with Crippen LogP contribution < -0.4 is 5.32 Å². The Bertz CT molecular complexity index is 905. The molecule has 0 radical (unpaired) electrons. The number of carbonyl (C=O) groups excluding carboxylic acids is 2. The first-order valence-corrected chi connectivity index (χ1v) is 7.81. The van der Waals surface area contributed by atoms with E-state index in [1.54, 1.807) is 18.5 Å². The van der Waals surface area contributed by atoms with Crippen LogP contribution in [0.5, 0.6) is 0 Å². The van der Waals surface area contributed by atoms with Crippen LogP contribution in [-0.4, -0.2) is 39.6 Å². The smallest absolute Gasteiger partial charge is 0.328 e. The number of nitrogens with zero attached hydrogens (tertiary/aromatic N) is 3. The molecule has 0 aliphatic heterocycles. The molecule has 0 spiro atoms. The van der Waals surface area contributed by atoms with Gasteiger partial charge in [0.15, 0.2) is 0 Å². The highest BCUT2D eigenvalue weighted by molar-refractivity contribution is 5.87. The summed E-state index contributed by atoms with van der Waals surface area (Å²) in [6.45, 7) is 1.37. The summed E-state index contributed by atoms with van der Waals surface area (Å²) in [6, 6.07) is 8.77. The van der Waals surface area contributed by atoms with Gasteiger partial charge in [0.1, 0.15) is 6.04 Å². The van der Waals surface area contributed by atoms with Gasteiger partial charge in [0.2, 0.25) is 11.9 Å². The zero-order chi connectivity index (χ0) is 17.8. The number of ether oxygens (including phenoxy) is 1. The van der Waals surface area contributed by atoms with Crippen molar-refractivity contribution in [3.63, 3.8) is 0 Å². The summed E-state index contributed by atoms with van der Waals surface area (Å²) < 4.78 is 6.67. The molecule has 128 valence electrons. The topological polar surface area (TPSA) is 86.1 Å². The van der Waals surface area contributed by atoms with Crippen LogP contribution in [0, 0.1) is 0 Å². The van der Waals surface area contributed by atoms with E-state index in [9.17, 15) is 9.59 Å². The SMILES string of the molecule is COC(=O)[C@H](Cc1cn(-c2ncccn2)c2ccccc12)NC(C)=O. The van der Waals surface area contributed by atoms with E-state index in [-0.39, 0.29) is 5.91 Å². The molecule has 7 heteroatoms. The quantitative estimate of drug-likeness (QED) is 0.715. The minimum Gasteiger partial charge on any atom is -0.467 e. The third-order valence-corrected chi connectivity index (χ3v) is 3.85. The second-order valence-corrected chi connectivity index (χ2v) is 5.57. The third-order valence-electron chi connectivity index (χ3n) is 3.85. The molecule has 1 N–H and O–H groups in total. The van der Waals surface area contributed by atoms with Gasteiger partial charge in [-0.05, 0) is 17.7 Å². The van der Waals surface area contributed by atoms with Gasteiger partial charge >= 0.3 is 5.97 Å². The van der Waals surface area contributed by atoms with Crippen LogP contribution in [0.15, 0.2) is 48.9 Å². The van der Waals surface area contributed by atoms with Crippen LogP contribution in [0.2, 0.25) is 0 Å². The highest BCUT2D eigenvalue weighted by atomic mass is 16.5. The first-order valence-electron chi connectivity index (χ1n) is 7.81. The maximum absolute atomic E-state index is 12.0. The molecule has 2 aromatic heterocycles. The largest absolute Gasteiger partial charge is 0.467 e. The summed E-state index contributed by atoms with van der Waals surface area (Å²) in [5.41, 5.74) is 1.82. The fourth-order valence-corrected chi connectivity index (χ4v) is 2.79. The minimum atomic E-state index is -0.751. The fraction of sp³-hybridized carbons (Fsp3) is 0.222. The molecule has 25 heavy (non-hydrogen) atoms. The second kappa shape index (κ2) is 7.12. The molecule has 1 atom stereocenters. The Morgan fingerprint density at radius 3 is 2.60 bits per heavy atom. The Morgan fingerprint density at radius 1 is 1.20 bits per heavy atom. The summed E-state index contributed by atoms with van der Waals surface area (Å²) >= 11 is 0. The lowest BCUT2D eigenvalue weighted by molar-refractivity contribution is -0.144. The second-order valence-electron chi connectivity index (χ2n) is 5.57. The maximum atomic E-state index is 12.0. The molecule has 0 saturated carbocycles. The van der Waals surface area contributed by atoms with E-state index in [4.69, 9.17) is 4.74 Å². The number of benzene rings is 1. The van der Waals surface area contributed by atoms with Gasteiger partial charge in [0.05, 0.1) is 12.6 Å². The van der Waals surface area contributed by atoms with Gasteiger partial charge in [-0.25, -0.2) is 14.8 Å². The Hall–Kier alpha value is -3.22. The van der Waals surface area contributed by atoms with Crippen LogP contribution in [0.25, 0.3) is 16.9 Å². The number of nitrogens with one attached hydrogen (secondary N) is 1. The van der Waals surface area contributed by atoms with Crippen molar-refractivity contribution in [3.8, 4) is 5.95 Å². The predicted molar refractivity (Wildman–Crippen MR) is 92.2 cm³/mol. The van der Waals surface area contributed by atoms with E-state index < -0.39 is 12.0 Å². The van der Waals surface area contributed by atoms with Crippen LogP contribution in [0.3, 0.4) is 0 Å². The summed E-state index contributed by atoms with van der Waals surface area (Å²) in [4.78, 5) is 32.0. The number of amides is 1.